The van der Waals surface area contributed by atoms with E-state index in [1.165, 1.54) is 0 Å². The summed E-state index contributed by atoms with van der Waals surface area (Å²) in [6, 6.07) is 12.8. The Bertz CT molecular complexity index is 1200. The van der Waals surface area contributed by atoms with Gasteiger partial charge in [-0.3, -0.25) is 4.79 Å². The highest BCUT2D eigenvalue weighted by molar-refractivity contribution is 7.13. The molecule has 11 heteroatoms. The molecule has 1 atom stereocenters. The minimum Gasteiger partial charge on any atom is -0.462 e. The maximum absolute atomic E-state index is 12.9. The van der Waals surface area contributed by atoms with Gasteiger partial charge in [-0.15, -0.1) is 10.2 Å². The van der Waals surface area contributed by atoms with Gasteiger partial charge >= 0.3 is 12.0 Å². The van der Waals surface area contributed by atoms with Gasteiger partial charge in [-0.1, -0.05) is 29.0 Å². The topological polar surface area (TPSA) is 114 Å². The zero-order valence-corrected chi connectivity index (χ0v) is 19.9. The van der Waals surface area contributed by atoms with E-state index in [2.05, 4.69) is 20.8 Å². The maximum atomic E-state index is 12.9. The van der Waals surface area contributed by atoms with E-state index in [0.717, 1.165) is 24.2 Å². The summed E-state index contributed by atoms with van der Waals surface area (Å²) in [5, 5.41) is 15.1. The highest BCUT2D eigenvalue weighted by Gasteiger charge is 2.33. The number of amides is 3. The molecule has 2 heterocycles. The Morgan fingerprint density at radius 3 is 2.65 bits per heavy atom. The van der Waals surface area contributed by atoms with E-state index in [1.54, 1.807) is 60.4 Å². The average molecular weight is 500 g/mol. The van der Waals surface area contributed by atoms with Crippen molar-refractivity contribution in [2.45, 2.75) is 25.8 Å². The van der Waals surface area contributed by atoms with Crippen molar-refractivity contribution >= 4 is 52.2 Å². The summed E-state index contributed by atoms with van der Waals surface area (Å²) in [5.74, 6) is -0.798. The summed E-state index contributed by atoms with van der Waals surface area (Å²) in [5.41, 5.74) is 1.53. The number of ether oxygens (including phenoxy) is 1. The molecule has 1 aromatic heterocycles. The zero-order chi connectivity index (χ0) is 24.1. The first-order chi connectivity index (χ1) is 16.4. The molecule has 0 aliphatic carbocycles. The number of rotatable bonds is 6. The predicted molar refractivity (Wildman–Crippen MR) is 129 cm³/mol. The van der Waals surface area contributed by atoms with Crippen molar-refractivity contribution in [2.24, 2.45) is 0 Å². The monoisotopic (exact) mass is 499 g/mol. The molecule has 2 N–H and O–H groups in total. The lowest BCUT2D eigenvalue weighted by Crippen LogP contribution is -2.34. The second kappa shape index (κ2) is 10.6. The summed E-state index contributed by atoms with van der Waals surface area (Å²) in [6.07, 6.45) is 1.53. The van der Waals surface area contributed by atoms with Gasteiger partial charge in [0.1, 0.15) is 5.01 Å². The molecule has 0 spiro atoms. The Morgan fingerprint density at radius 1 is 1.12 bits per heavy atom. The van der Waals surface area contributed by atoms with Gasteiger partial charge in [-0.2, -0.15) is 0 Å². The lowest BCUT2D eigenvalue weighted by atomic mass is 10.2. The van der Waals surface area contributed by atoms with Crippen molar-refractivity contribution in [1.82, 2.24) is 15.1 Å². The first-order valence-corrected chi connectivity index (χ1v) is 11.9. The highest BCUT2D eigenvalue weighted by atomic mass is 35.5. The fourth-order valence-electron chi connectivity index (χ4n) is 3.58. The van der Waals surface area contributed by atoms with Crippen LogP contribution in [0.5, 0.6) is 0 Å². The lowest BCUT2D eigenvalue weighted by molar-refractivity contribution is 0.0526. The van der Waals surface area contributed by atoms with Gasteiger partial charge in [-0.25, -0.2) is 9.59 Å². The largest absolute Gasteiger partial charge is 0.462 e. The molecule has 0 saturated carbocycles. The normalized spacial score (nSPS) is 15.1. The molecule has 34 heavy (non-hydrogen) atoms. The fraction of sp³-hybridized carbons (Fsp3) is 0.261. The fourth-order valence-corrected chi connectivity index (χ4v) is 4.65. The van der Waals surface area contributed by atoms with Crippen molar-refractivity contribution in [3.8, 4) is 0 Å². The number of hydrogen-bond donors (Lipinski definition) is 2. The average Bonchev–Trinajstić information content (AvgIpc) is 3.49. The smallest absolute Gasteiger partial charge is 0.338 e. The summed E-state index contributed by atoms with van der Waals surface area (Å²) < 4.78 is 4.97. The third-order valence-electron chi connectivity index (χ3n) is 5.16. The van der Waals surface area contributed by atoms with Crippen molar-refractivity contribution in [3.63, 3.8) is 0 Å². The Morgan fingerprint density at radius 2 is 1.91 bits per heavy atom. The summed E-state index contributed by atoms with van der Waals surface area (Å²) in [6.45, 7) is 2.59. The van der Waals surface area contributed by atoms with Gasteiger partial charge < -0.3 is 20.3 Å². The highest BCUT2D eigenvalue weighted by Crippen LogP contribution is 2.34. The minimum atomic E-state index is -0.411. The third-order valence-corrected chi connectivity index (χ3v) is 6.42. The van der Waals surface area contributed by atoms with Crippen molar-refractivity contribution in [3.05, 3.63) is 69.1 Å². The van der Waals surface area contributed by atoms with Crippen molar-refractivity contribution < 1.29 is 19.1 Å². The third kappa shape index (κ3) is 5.52. The van der Waals surface area contributed by atoms with Crippen LogP contribution in [-0.4, -0.2) is 46.2 Å². The number of carbonyl (C=O) groups excluding carboxylic acids is 3. The van der Waals surface area contributed by atoms with Crippen LogP contribution in [0.4, 0.5) is 16.2 Å². The molecule has 4 rings (SSSR count). The molecule has 1 aliphatic heterocycles. The number of anilines is 2. The van der Waals surface area contributed by atoms with Crippen LogP contribution < -0.4 is 10.6 Å². The van der Waals surface area contributed by atoms with Gasteiger partial charge in [0.15, 0.2) is 0 Å². The molecular weight excluding hydrogens is 478 g/mol. The number of halogens is 1. The van der Waals surface area contributed by atoms with E-state index in [-0.39, 0.29) is 23.0 Å². The van der Waals surface area contributed by atoms with Crippen molar-refractivity contribution in [2.75, 3.05) is 23.8 Å². The SMILES string of the molecule is CCOC(=O)c1ccc(NC(=O)N2CCCC2c2nnc(C(=O)Nc3cccc(Cl)c3)s2)cc1. The van der Waals surface area contributed by atoms with E-state index < -0.39 is 5.97 Å². The van der Waals surface area contributed by atoms with Crippen LogP contribution in [0.25, 0.3) is 0 Å². The molecule has 0 bridgehead atoms. The summed E-state index contributed by atoms with van der Waals surface area (Å²) >= 11 is 7.12. The summed E-state index contributed by atoms with van der Waals surface area (Å²) in [7, 11) is 0. The minimum absolute atomic E-state index is 0.205. The molecule has 176 valence electrons. The molecule has 1 saturated heterocycles. The Hall–Kier alpha value is -3.50. The molecular formula is C23H22ClN5O4S. The quantitative estimate of drug-likeness (QED) is 0.462. The Balaban J connectivity index is 1.40. The second-order valence-corrected chi connectivity index (χ2v) is 8.93. The molecule has 2 aromatic carbocycles. The van der Waals surface area contributed by atoms with Gasteiger partial charge in [0, 0.05) is 22.9 Å². The van der Waals surface area contributed by atoms with E-state index in [9.17, 15) is 14.4 Å². The Kier molecular flexibility index (Phi) is 7.39. The van der Waals surface area contributed by atoms with Crippen LogP contribution in [0, 0.1) is 0 Å². The standard InChI is InChI=1S/C23H22ClN5O4S/c1-2-33-22(31)14-8-10-16(11-9-14)26-23(32)29-12-4-7-18(29)20-27-28-21(34-20)19(30)25-17-6-3-5-15(24)13-17/h3,5-6,8-11,13,18H,2,4,7,12H2,1H3,(H,25,30)(H,26,32). The number of urea groups is 1. The molecule has 1 aliphatic rings. The summed E-state index contributed by atoms with van der Waals surface area (Å²) in [4.78, 5) is 38.9. The number of likely N-dealkylation sites (tertiary alicyclic amines) is 1. The van der Waals surface area contributed by atoms with E-state index in [1.807, 2.05) is 0 Å². The molecule has 3 aromatic rings. The van der Waals surface area contributed by atoms with Crippen LogP contribution in [0.15, 0.2) is 48.5 Å². The number of hydrogen-bond acceptors (Lipinski definition) is 7. The molecule has 1 fully saturated rings. The number of aromatic nitrogens is 2. The number of benzene rings is 2. The van der Waals surface area contributed by atoms with E-state index in [0.29, 0.717) is 40.1 Å². The maximum Gasteiger partial charge on any atom is 0.338 e. The van der Waals surface area contributed by atoms with Gasteiger partial charge in [-0.05, 0) is 62.2 Å². The van der Waals surface area contributed by atoms with Crippen molar-refractivity contribution in [1.29, 1.82) is 0 Å². The van der Waals surface area contributed by atoms with Crippen LogP contribution in [0.1, 0.15) is 51.0 Å². The van der Waals surface area contributed by atoms with E-state index in [4.69, 9.17) is 16.3 Å². The molecule has 0 radical (unpaired) electrons. The van der Waals surface area contributed by atoms with Crippen LogP contribution in [0.2, 0.25) is 5.02 Å². The first-order valence-electron chi connectivity index (χ1n) is 10.7. The van der Waals surface area contributed by atoms with E-state index >= 15 is 0 Å². The molecule has 9 nitrogen and oxygen atoms in total. The number of nitrogens with one attached hydrogen (secondary N) is 2. The van der Waals surface area contributed by atoms with Crippen LogP contribution >= 0.6 is 22.9 Å². The van der Waals surface area contributed by atoms with Gasteiger partial charge in [0.2, 0.25) is 5.01 Å². The van der Waals surface area contributed by atoms with Gasteiger partial charge in [0.05, 0.1) is 18.2 Å². The molecule has 3 amide bonds. The number of carbonyl (C=O) groups is 3. The Labute approximate surface area is 205 Å². The number of nitrogens with zero attached hydrogens (tertiary/aromatic N) is 3. The second-order valence-electron chi connectivity index (χ2n) is 7.49. The van der Waals surface area contributed by atoms with Gasteiger partial charge in [0.25, 0.3) is 5.91 Å². The zero-order valence-electron chi connectivity index (χ0n) is 18.3. The first kappa shape index (κ1) is 23.7. The predicted octanol–water partition coefficient (Wildman–Crippen LogP) is 4.99. The lowest BCUT2D eigenvalue weighted by Gasteiger charge is -2.23. The number of esters is 1. The van der Waals surface area contributed by atoms with Crippen LogP contribution in [0.3, 0.4) is 0 Å². The van der Waals surface area contributed by atoms with Crippen LogP contribution in [-0.2, 0) is 4.74 Å². The molecule has 1 unspecified atom stereocenters.